The lowest BCUT2D eigenvalue weighted by Gasteiger charge is -2.35. The second kappa shape index (κ2) is 7.38. The third kappa shape index (κ3) is 3.30. The van der Waals surface area contributed by atoms with Gasteiger partial charge in [0.15, 0.2) is 6.23 Å². The minimum atomic E-state index is -0.185. The van der Waals surface area contributed by atoms with E-state index in [4.69, 9.17) is 4.74 Å². The van der Waals surface area contributed by atoms with Gasteiger partial charge in [0.2, 0.25) is 0 Å². The SMILES string of the molecule is CC(C)c1ccc([C@@H]2N[C@H](c3ccccc3)c3c(ccc4ccccc34)O2)cc1. The van der Waals surface area contributed by atoms with Crippen LogP contribution in [0.25, 0.3) is 10.8 Å². The molecule has 0 saturated carbocycles. The maximum atomic E-state index is 6.47. The average Bonchev–Trinajstić information content (AvgIpc) is 2.78. The smallest absolute Gasteiger partial charge is 0.177 e. The van der Waals surface area contributed by atoms with Gasteiger partial charge in [-0.1, -0.05) is 98.8 Å². The first kappa shape index (κ1) is 18.0. The molecule has 0 spiro atoms. The quantitative estimate of drug-likeness (QED) is 0.426. The summed E-state index contributed by atoms with van der Waals surface area (Å²) in [5.74, 6) is 1.47. The molecule has 4 aromatic rings. The summed E-state index contributed by atoms with van der Waals surface area (Å²) in [5, 5.41) is 6.23. The van der Waals surface area contributed by atoms with Crippen LogP contribution in [0.1, 0.15) is 54.3 Å². The van der Waals surface area contributed by atoms with Crippen molar-refractivity contribution in [3.8, 4) is 5.75 Å². The Morgan fingerprint density at radius 3 is 2.21 bits per heavy atom. The molecule has 29 heavy (non-hydrogen) atoms. The summed E-state index contributed by atoms with van der Waals surface area (Å²) in [7, 11) is 0. The highest BCUT2D eigenvalue weighted by Crippen LogP contribution is 2.42. The molecule has 4 aromatic carbocycles. The molecule has 0 aromatic heterocycles. The Hall–Kier alpha value is -3.10. The predicted molar refractivity (Wildman–Crippen MR) is 119 cm³/mol. The van der Waals surface area contributed by atoms with E-state index >= 15 is 0 Å². The van der Waals surface area contributed by atoms with Crippen molar-refractivity contribution in [2.45, 2.75) is 32.0 Å². The minimum absolute atomic E-state index is 0.0702. The van der Waals surface area contributed by atoms with Gasteiger partial charge in [-0.25, -0.2) is 0 Å². The van der Waals surface area contributed by atoms with Crippen molar-refractivity contribution < 1.29 is 4.74 Å². The first-order valence-electron chi connectivity index (χ1n) is 10.3. The van der Waals surface area contributed by atoms with Gasteiger partial charge in [-0.05, 0) is 33.9 Å². The first-order chi connectivity index (χ1) is 14.2. The lowest BCUT2D eigenvalue weighted by Crippen LogP contribution is -2.35. The van der Waals surface area contributed by atoms with Crippen LogP contribution in [0, 0.1) is 0 Å². The Balaban J connectivity index is 1.62. The Morgan fingerprint density at radius 1 is 0.724 bits per heavy atom. The van der Waals surface area contributed by atoms with Gasteiger partial charge >= 0.3 is 0 Å². The van der Waals surface area contributed by atoms with E-state index in [1.807, 2.05) is 0 Å². The molecule has 0 unspecified atom stereocenters. The van der Waals surface area contributed by atoms with Crippen LogP contribution in [0.4, 0.5) is 0 Å². The van der Waals surface area contributed by atoms with Crippen LogP contribution in [0.15, 0.2) is 91.0 Å². The Bertz CT molecular complexity index is 1130. The van der Waals surface area contributed by atoms with Crippen LogP contribution in [0.2, 0.25) is 0 Å². The summed E-state index contributed by atoms with van der Waals surface area (Å²) in [5.41, 5.74) is 4.95. The highest BCUT2D eigenvalue weighted by molar-refractivity contribution is 5.89. The molecule has 5 rings (SSSR count). The van der Waals surface area contributed by atoms with E-state index in [0.29, 0.717) is 5.92 Å². The van der Waals surface area contributed by atoms with Crippen molar-refractivity contribution in [1.29, 1.82) is 0 Å². The molecular weight excluding hydrogens is 354 g/mol. The number of benzene rings is 4. The van der Waals surface area contributed by atoms with E-state index in [1.54, 1.807) is 0 Å². The van der Waals surface area contributed by atoms with Gasteiger partial charge in [0.25, 0.3) is 0 Å². The van der Waals surface area contributed by atoms with Crippen LogP contribution in [-0.4, -0.2) is 0 Å². The number of hydrogen-bond donors (Lipinski definition) is 1. The van der Waals surface area contributed by atoms with Gasteiger partial charge in [-0.3, -0.25) is 5.32 Å². The van der Waals surface area contributed by atoms with E-state index in [2.05, 4.69) is 110 Å². The molecule has 0 aliphatic carbocycles. The van der Waals surface area contributed by atoms with Gasteiger partial charge in [0.1, 0.15) is 5.75 Å². The molecule has 2 nitrogen and oxygen atoms in total. The Labute approximate surface area is 172 Å². The van der Waals surface area contributed by atoms with Crippen molar-refractivity contribution in [2.75, 3.05) is 0 Å². The largest absolute Gasteiger partial charge is 0.471 e. The summed E-state index contributed by atoms with van der Waals surface area (Å²) >= 11 is 0. The third-order valence-electron chi connectivity index (χ3n) is 5.82. The topological polar surface area (TPSA) is 21.3 Å². The highest BCUT2D eigenvalue weighted by Gasteiger charge is 2.31. The van der Waals surface area contributed by atoms with E-state index in [0.717, 1.165) is 11.3 Å². The zero-order chi connectivity index (χ0) is 19.8. The number of ether oxygens (including phenoxy) is 1. The van der Waals surface area contributed by atoms with E-state index in [1.165, 1.54) is 27.5 Å². The lowest BCUT2D eigenvalue weighted by atomic mass is 9.91. The van der Waals surface area contributed by atoms with Crippen molar-refractivity contribution in [2.24, 2.45) is 0 Å². The molecule has 1 aliphatic rings. The number of hydrogen-bond acceptors (Lipinski definition) is 2. The molecule has 0 bridgehead atoms. The van der Waals surface area contributed by atoms with Gasteiger partial charge in [0, 0.05) is 11.1 Å². The lowest BCUT2D eigenvalue weighted by molar-refractivity contribution is 0.133. The Kier molecular flexibility index (Phi) is 4.57. The van der Waals surface area contributed by atoms with Gasteiger partial charge in [-0.15, -0.1) is 0 Å². The van der Waals surface area contributed by atoms with Crippen molar-refractivity contribution >= 4 is 10.8 Å². The van der Waals surface area contributed by atoms with Gasteiger partial charge in [0.05, 0.1) is 6.04 Å². The monoisotopic (exact) mass is 379 g/mol. The van der Waals surface area contributed by atoms with Crippen LogP contribution >= 0.6 is 0 Å². The van der Waals surface area contributed by atoms with Gasteiger partial charge in [-0.2, -0.15) is 0 Å². The number of fused-ring (bicyclic) bond motifs is 3. The minimum Gasteiger partial charge on any atom is -0.471 e. The maximum Gasteiger partial charge on any atom is 0.177 e. The van der Waals surface area contributed by atoms with Gasteiger partial charge < -0.3 is 4.74 Å². The van der Waals surface area contributed by atoms with E-state index in [9.17, 15) is 0 Å². The summed E-state index contributed by atoms with van der Waals surface area (Å²) in [4.78, 5) is 0. The van der Waals surface area contributed by atoms with Crippen LogP contribution < -0.4 is 10.1 Å². The van der Waals surface area contributed by atoms with Crippen molar-refractivity contribution in [3.05, 3.63) is 113 Å². The number of rotatable bonds is 3. The fourth-order valence-corrected chi connectivity index (χ4v) is 4.20. The van der Waals surface area contributed by atoms with Crippen LogP contribution in [0.3, 0.4) is 0 Å². The van der Waals surface area contributed by atoms with Crippen LogP contribution in [-0.2, 0) is 0 Å². The maximum absolute atomic E-state index is 6.47. The molecular formula is C27H25NO. The first-order valence-corrected chi connectivity index (χ1v) is 10.3. The van der Waals surface area contributed by atoms with E-state index < -0.39 is 0 Å². The fourth-order valence-electron chi connectivity index (χ4n) is 4.20. The summed E-state index contributed by atoms with van der Waals surface area (Å²) < 4.78 is 6.47. The second-order valence-electron chi connectivity index (χ2n) is 8.03. The Morgan fingerprint density at radius 2 is 1.45 bits per heavy atom. The molecule has 0 fully saturated rings. The number of nitrogens with one attached hydrogen (secondary N) is 1. The van der Waals surface area contributed by atoms with Crippen LogP contribution in [0.5, 0.6) is 5.75 Å². The normalized spacial score (nSPS) is 18.4. The second-order valence-corrected chi connectivity index (χ2v) is 8.03. The average molecular weight is 380 g/mol. The molecule has 1 N–H and O–H groups in total. The molecule has 0 amide bonds. The zero-order valence-electron chi connectivity index (χ0n) is 16.8. The van der Waals surface area contributed by atoms with E-state index in [-0.39, 0.29) is 12.3 Å². The zero-order valence-corrected chi connectivity index (χ0v) is 16.8. The molecule has 0 saturated heterocycles. The molecule has 1 aliphatic heterocycles. The summed E-state index contributed by atoms with van der Waals surface area (Å²) in [6.07, 6.45) is -0.185. The molecule has 2 heteroatoms. The van der Waals surface area contributed by atoms with Crippen molar-refractivity contribution in [1.82, 2.24) is 5.32 Å². The predicted octanol–water partition coefficient (Wildman–Crippen LogP) is 6.73. The third-order valence-corrected chi connectivity index (χ3v) is 5.82. The standard InChI is InChI=1S/C27H25NO/c1-18(2)19-12-14-22(15-13-19)27-28-26(21-9-4-3-5-10-21)25-23-11-7-6-8-20(23)16-17-24(25)29-27/h3-18,26-28H,1-2H3/t26-,27-/m1/s1. The highest BCUT2D eigenvalue weighted by atomic mass is 16.5. The molecule has 144 valence electrons. The molecule has 1 heterocycles. The summed E-state index contributed by atoms with van der Waals surface area (Å²) in [6, 6.07) is 32.3. The molecule has 2 atom stereocenters. The van der Waals surface area contributed by atoms with Crippen molar-refractivity contribution in [3.63, 3.8) is 0 Å². The molecule has 0 radical (unpaired) electrons. The fraction of sp³-hybridized carbons (Fsp3) is 0.185. The summed E-state index contributed by atoms with van der Waals surface area (Å²) in [6.45, 7) is 4.44.